The van der Waals surface area contributed by atoms with Gasteiger partial charge in [-0.3, -0.25) is 0 Å². The van der Waals surface area contributed by atoms with Crippen LogP contribution in [-0.4, -0.2) is 11.6 Å². The summed E-state index contributed by atoms with van der Waals surface area (Å²) in [5.74, 6) is 0.828. The molecule has 2 N–H and O–H groups in total. The van der Waals surface area contributed by atoms with Gasteiger partial charge in [-0.1, -0.05) is 37.7 Å². The fraction of sp³-hybridized carbons (Fsp3) is 0.286. The number of nitrogens with zero attached hydrogens (tertiary/aromatic N) is 1. The van der Waals surface area contributed by atoms with Gasteiger partial charge in [-0.2, -0.15) is 5.26 Å². The van der Waals surface area contributed by atoms with E-state index in [2.05, 4.69) is 6.92 Å². The van der Waals surface area contributed by atoms with Crippen LogP contribution in [0, 0.1) is 11.3 Å². The number of benzene rings is 1. The van der Waals surface area contributed by atoms with Crippen molar-refractivity contribution in [1.29, 1.82) is 5.26 Å². The number of ether oxygens (including phenoxy) is 1. The summed E-state index contributed by atoms with van der Waals surface area (Å²) in [6, 6.07) is 9.46. The Labute approximate surface area is 113 Å². The van der Waals surface area contributed by atoms with Crippen LogP contribution in [0.1, 0.15) is 25.3 Å². The van der Waals surface area contributed by atoms with E-state index >= 15 is 0 Å². The van der Waals surface area contributed by atoms with E-state index in [0.29, 0.717) is 5.57 Å². The molecule has 0 fully saturated rings. The number of hydrogen-bond donors (Lipinski definition) is 1. The minimum absolute atomic E-state index is 0.112. The van der Waals surface area contributed by atoms with Crippen LogP contribution in [-0.2, 0) is 0 Å². The van der Waals surface area contributed by atoms with Gasteiger partial charge in [0.15, 0.2) is 0 Å². The average Bonchev–Trinajstić information content (AvgIpc) is 2.37. The van der Waals surface area contributed by atoms with Crippen molar-refractivity contribution in [3.63, 3.8) is 0 Å². The van der Waals surface area contributed by atoms with E-state index in [9.17, 15) is 0 Å². The maximum Gasteiger partial charge on any atom is 0.119 e. The third-order valence-electron chi connectivity index (χ3n) is 2.34. The lowest BCUT2D eigenvalue weighted by molar-refractivity contribution is 0.309. The van der Waals surface area contributed by atoms with Crippen LogP contribution >= 0.6 is 12.2 Å². The molecule has 0 amide bonds. The fourth-order valence-corrected chi connectivity index (χ4v) is 1.42. The van der Waals surface area contributed by atoms with Crippen LogP contribution in [0.2, 0.25) is 0 Å². The molecule has 0 heterocycles. The van der Waals surface area contributed by atoms with E-state index < -0.39 is 0 Å². The second-order valence-corrected chi connectivity index (χ2v) is 4.24. The smallest absolute Gasteiger partial charge is 0.119 e. The molecule has 1 aromatic rings. The molecule has 0 aliphatic heterocycles. The summed E-state index contributed by atoms with van der Waals surface area (Å²) in [6.07, 6.45) is 3.82. The Kier molecular flexibility index (Phi) is 5.89. The van der Waals surface area contributed by atoms with Crippen LogP contribution in [0.4, 0.5) is 0 Å². The summed E-state index contributed by atoms with van der Waals surface area (Å²) in [6.45, 7) is 2.85. The van der Waals surface area contributed by atoms with E-state index in [1.54, 1.807) is 6.08 Å². The molecule has 0 aliphatic rings. The summed E-state index contributed by atoms with van der Waals surface area (Å²) in [4.78, 5) is 0.112. The molecule has 0 bridgehead atoms. The topological polar surface area (TPSA) is 59.0 Å². The van der Waals surface area contributed by atoms with Gasteiger partial charge in [0, 0.05) is 0 Å². The molecule has 0 saturated carbocycles. The van der Waals surface area contributed by atoms with Crippen molar-refractivity contribution >= 4 is 23.3 Å². The molecular formula is C14H16N2OS. The first kappa shape index (κ1) is 14.2. The Bertz CT molecular complexity index is 472. The molecule has 0 aromatic heterocycles. The minimum atomic E-state index is 0.112. The summed E-state index contributed by atoms with van der Waals surface area (Å²) in [5.41, 5.74) is 6.61. The zero-order valence-electron chi connectivity index (χ0n) is 10.3. The summed E-state index contributed by atoms with van der Waals surface area (Å²) in [5, 5.41) is 8.85. The lowest BCUT2D eigenvalue weighted by atomic mass is 10.1. The minimum Gasteiger partial charge on any atom is -0.494 e. The second-order valence-electron chi connectivity index (χ2n) is 3.81. The van der Waals surface area contributed by atoms with E-state index in [1.165, 1.54) is 0 Å². The van der Waals surface area contributed by atoms with Crippen LogP contribution < -0.4 is 10.5 Å². The molecule has 3 nitrogen and oxygen atoms in total. The highest BCUT2D eigenvalue weighted by Crippen LogP contribution is 2.15. The van der Waals surface area contributed by atoms with E-state index in [-0.39, 0.29) is 4.99 Å². The van der Waals surface area contributed by atoms with Crippen molar-refractivity contribution in [3.05, 3.63) is 35.4 Å². The van der Waals surface area contributed by atoms with E-state index in [4.69, 9.17) is 28.0 Å². The molecule has 0 radical (unpaired) electrons. The first-order valence-corrected chi connectivity index (χ1v) is 6.22. The quantitative estimate of drug-likeness (QED) is 0.369. The molecule has 0 saturated heterocycles. The van der Waals surface area contributed by atoms with Crippen molar-refractivity contribution in [3.8, 4) is 11.8 Å². The molecule has 0 aliphatic carbocycles. The molecule has 1 aromatic carbocycles. The van der Waals surface area contributed by atoms with Crippen molar-refractivity contribution in [2.45, 2.75) is 19.8 Å². The molecule has 0 atom stereocenters. The second kappa shape index (κ2) is 7.46. The van der Waals surface area contributed by atoms with Crippen LogP contribution in [0.3, 0.4) is 0 Å². The van der Waals surface area contributed by atoms with Gasteiger partial charge >= 0.3 is 0 Å². The van der Waals surface area contributed by atoms with Gasteiger partial charge in [-0.25, -0.2) is 0 Å². The maximum atomic E-state index is 8.85. The Balaban J connectivity index is 2.71. The Hall–Kier alpha value is -1.86. The van der Waals surface area contributed by atoms with E-state index in [1.807, 2.05) is 30.3 Å². The van der Waals surface area contributed by atoms with Gasteiger partial charge in [0.25, 0.3) is 0 Å². The predicted molar refractivity (Wildman–Crippen MR) is 77.2 cm³/mol. The Morgan fingerprint density at radius 2 is 2.11 bits per heavy atom. The van der Waals surface area contributed by atoms with E-state index in [0.717, 1.165) is 30.8 Å². The van der Waals surface area contributed by atoms with Crippen LogP contribution in [0.15, 0.2) is 29.8 Å². The highest BCUT2D eigenvalue weighted by Gasteiger charge is 2.00. The van der Waals surface area contributed by atoms with Gasteiger partial charge in [0.1, 0.15) is 16.8 Å². The fourth-order valence-electron chi connectivity index (χ4n) is 1.32. The summed E-state index contributed by atoms with van der Waals surface area (Å²) in [7, 11) is 0. The molecule has 1 rings (SSSR count). The molecule has 0 spiro atoms. The number of nitrogens with two attached hydrogens (primary N) is 1. The van der Waals surface area contributed by atoms with Crippen molar-refractivity contribution < 1.29 is 4.74 Å². The molecule has 94 valence electrons. The van der Waals surface area contributed by atoms with Crippen molar-refractivity contribution in [1.82, 2.24) is 0 Å². The maximum absolute atomic E-state index is 8.85. The summed E-state index contributed by atoms with van der Waals surface area (Å²) >= 11 is 4.77. The lowest BCUT2D eigenvalue weighted by Gasteiger charge is -2.05. The standard InChI is InChI=1S/C14H16N2OS/c1-2-3-8-17-13-6-4-11(5-7-13)9-12(10-15)14(16)18/h4-7,9H,2-3,8H2,1H3,(H2,16,18)/b12-9+. The van der Waals surface area contributed by atoms with Gasteiger partial charge in [-0.05, 0) is 30.2 Å². The monoisotopic (exact) mass is 260 g/mol. The van der Waals surface area contributed by atoms with Crippen molar-refractivity contribution in [2.24, 2.45) is 5.73 Å². The number of nitriles is 1. The highest BCUT2D eigenvalue weighted by molar-refractivity contribution is 7.80. The Morgan fingerprint density at radius 3 is 2.61 bits per heavy atom. The predicted octanol–water partition coefficient (Wildman–Crippen LogP) is 3.06. The summed E-state index contributed by atoms with van der Waals surface area (Å²) < 4.78 is 5.54. The SMILES string of the molecule is CCCCOc1ccc(/C=C(\C#N)C(N)=S)cc1. The van der Waals surface area contributed by atoms with Gasteiger partial charge < -0.3 is 10.5 Å². The molecule has 4 heteroatoms. The number of hydrogen-bond acceptors (Lipinski definition) is 3. The zero-order chi connectivity index (χ0) is 13.4. The van der Waals surface area contributed by atoms with Crippen LogP contribution in [0.5, 0.6) is 5.75 Å². The largest absolute Gasteiger partial charge is 0.494 e. The third kappa shape index (κ3) is 4.56. The van der Waals surface area contributed by atoms with Gasteiger partial charge in [-0.15, -0.1) is 0 Å². The molecule has 0 unspecified atom stereocenters. The average molecular weight is 260 g/mol. The van der Waals surface area contributed by atoms with Crippen LogP contribution in [0.25, 0.3) is 6.08 Å². The number of thiocarbonyl (C=S) groups is 1. The first-order valence-electron chi connectivity index (χ1n) is 5.82. The van der Waals surface area contributed by atoms with Gasteiger partial charge in [0.2, 0.25) is 0 Å². The van der Waals surface area contributed by atoms with Crippen molar-refractivity contribution in [2.75, 3.05) is 6.61 Å². The molecular weight excluding hydrogens is 244 g/mol. The molecule has 18 heavy (non-hydrogen) atoms. The first-order chi connectivity index (χ1) is 8.67. The zero-order valence-corrected chi connectivity index (χ0v) is 11.2. The highest BCUT2D eigenvalue weighted by atomic mass is 32.1. The van der Waals surface area contributed by atoms with Gasteiger partial charge in [0.05, 0.1) is 12.2 Å². The normalized spacial score (nSPS) is 10.8. The lowest BCUT2D eigenvalue weighted by Crippen LogP contribution is -2.09. The third-order valence-corrected chi connectivity index (χ3v) is 2.56. The Morgan fingerprint density at radius 1 is 1.44 bits per heavy atom. The number of unbranched alkanes of at least 4 members (excludes halogenated alkanes) is 1. The number of rotatable bonds is 6.